The van der Waals surface area contributed by atoms with Gasteiger partial charge in [-0.3, -0.25) is 4.79 Å². The summed E-state index contributed by atoms with van der Waals surface area (Å²) in [5, 5.41) is 56.1. The average Bonchev–Trinajstić information content (AvgIpc) is 2.92. The van der Waals surface area contributed by atoms with E-state index in [1.165, 1.54) is 25.3 Å². The van der Waals surface area contributed by atoms with Crippen LogP contribution in [-0.2, 0) is 0 Å². The van der Waals surface area contributed by atoms with Crippen LogP contribution in [0.3, 0.4) is 0 Å². The average molecular weight is 523 g/mol. The van der Waals surface area contributed by atoms with E-state index in [1.54, 1.807) is 18.2 Å². The zero-order valence-corrected chi connectivity index (χ0v) is 20.1. The summed E-state index contributed by atoms with van der Waals surface area (Å²) in [6.45, 7) is -2.31. The minimum absolute atomic E-state index is 0.0236. The van der Waals surface area contributed by atoms with Crippen molar-refractivity contribution in [1.29, 1.82) is 0 Å². The molecule has 2 aromatic carbocycles. The molecule has 1 aromatic heterocycles. The maximum absolute atomic E-state index is 13.1. The van der Waals surface area contributed by atoms with Crippen molar-refractivity contribution in [2.45, 2.75) is 18.3 Å². The molecule has 1 heterocycles. The predicted octanol–water partition coefficient (Wildman–Crippen LogP) is -0.335. The molecule has 0 aliphatic heterocycles. The van der Waals surface area contributed by atoms with Gasteiger partial charge in [-0.1, -0.05) is 0 Å². The maximum atomic E-state index is 13.1. The molecule has 37 heavy (non-hydrogen) atoms. The monoisotopic (exact) mass is 522 g/mol. The highest BCUT2D eigenvalue weighted by Crippen LogP contribution is 2.35. The van der Waals surface area contributed by atoms with Crippen LogP contribution in [0, 0.1) is 0 Å². The number of aliphatic hydroxyl groups is 6. The lowest BCUT2D eigenvalue weighted by molar-refractivity contribution is 0.0515. The first kappa shape index (κ1) is 28.2. The second-order valence-electron chi connectivity index (χ2n) is 8.08. The van der Waals surface area contributed by atoms with Crippen LogP contribution < -0.4 is 24.4 Å². The van der Waals surface area contributed by atoms with Crippen molar-refractivity contribution in [3.63, 3.8) is 0 Å². The molecule has 0 amide bonds. The fourth-order valence-electron chi connectivity index (χ4n) is 3.23. The Kier molecular flexibility index (Phi) is 10.1. The molecule has 3 unspecified atom stereocenters. The van der Waals surface area contributed by atoms with Gasteiger partial charge in [-0.25, -0.2) is 0 Å². The molecule has 3 atom stereocenters. The lowest BCUT2D eigenvalue weighted by Gasteiger charge is -2.16. The topological polar surface area (TPSA) is 189 Å². The predicted molar refractivity (Wildman–Crippen MR) is 130 cm³/mol. The number of hydrogen-bond acceptors (Lipinski definition) is 12. The summed E-state index contributed by atoms with van der Waals surface area (Å²) in [6.07, 6.45) is -3.43. The largest absolute Gasteiger partial charge is 0.493 e. The molecule has 0 bridgehead atoms. The molecule has 0 fully saturated rings. The van der Waals surface area contributed by atoms with Gasteiger partial charge >= 0.3 is 0 Å². The summed E-state index contributed by atoms with van der Waals surface area (Å²) in [5.74, 6) is 0.934. The number of fused-ring (bicyclic) bond motifs is 1. The summed E-state index contributed by atoms with van der Waals surface area (Å²) in [4.78, 5) is 13.1. The molecule has 12 heteroatoms. The molecule has 3 aromatic rings. The lowest BCUT2D eigenvalue weighted by Crippen LogP contribution is -2.22. The highest BCUT2D eigenvalue weighted by atomic mass is 16.5. The second kappa shape index (κ2) is 13.2. The number of aliphatic hydroxyl groups excluding tert-OH is 6. The van der Waals surface area contributed by atoms with Crippen LogP contribution in [0.25, 0.3) is 22.3 Å². The zero-order valence-electron chi connectivity index (χ0n) is 20.1. The zero-order chi connectivity index (χ0) is 26.9. The van der Waals surface area contributed by atoms with Gasteiger partial charge in [0, 0.05) is 23.8 Å². The fraction of sp³-hybridized carbons (Fsp3) is 0.400. The van der Waals surface area contributed by atoms with E-state index in [2.05, 4.69) is 0 Å². The van der Waals surface area contributed by atoms with Crippen LogP contribution in [0.15, 0.2) is 45.6 Å². The third-order valence-electron chi connectivity index (χ3n) is 5.15. The first-order valence-corrected chi connectivity index (χ1v) is 11.3. The summed E-state index contributed by atoms with van der Waals surface area (Å²) >= 11 is 0. The Hall–Kier alpha value is -3.39. The third-order valence-corrected chi connectivity index (χ3v) is 5.15. The minimum atomic E-state index is -1.19. The minimum Gasteiger partial charge on any atom is -0.493 e. The van der Waals surface area contributed by atoms with E-state index in [1.807, 2.05) is 0 Å². The van der Waals surface area contributed by atoms with Crippen LogP contribution in [-0.4, -0.2) is 95.7 Å². The Morgan fingerprint density at radius 1 is 0.757 bits per heavy atom. The van der Waals surface area contributed by atoms with Gasteiger partial charge in [-0.15, -0.1) is 0 Å². The third kappa shape index (κ3) is 7.32. The standard InChI is InChI=1S/C25H30O12/c1-33-20-3-2-14(4-22(20)35-12-16(30)9-27)21-7-19(32)25-23(36-13-17(31)10-28)5-18(6-24(25)37-21)34-11-15(29)8-26/h2-7,15-17,26-31H,8-13H2,1H3. The quantitative estimate of drug-likeness (QED) is 0.162. The normalized spacial score (nSPS) is 13.7. The van der Waals surface area contributed by atoms with Crippen molar-refractivity contribution in [3.8, 4) is 34.3 Å². The fourth-order valence-corrected chi connectivity index (χ4v) is 3.23. The molecular weight excluding hydrogens is 492 g/mol. The molecule has 0 aliphatic rings. The Morgan fingerprint density at radius 2 is 1.35 bits per heavy atom. The molecule has 3 rings (SSSR count). The van der Waals surface area contributed by atoms with Crippen molar-refractivity contribution in [2.24, 2.45) is 0 Å². The van der Waals surface area contributed by atoms with E-state index in [9.17, 15) is 20.1 Å². The van der Waals surface area contributed by atoms with E-state index in [-0.39, 0.29) is 53.8 Å². The van der Waals surface area contributed by atoms with Crippen molar-refractivity contribution in [2.75, 3.05) is 46.8 Å². The first-order valence-electron chi connectivity index (χ1n) is 11.3. The highest BCUT2D eigenvalue weighted by molar-refractivity contribution is 5.86. The van der Waals surface area contributed by atoms with Gasteiger partial charge in [0.1, 0.15) is 66.4 Å². The number of methoxy groups -OCH3 is 1. The van der Waals surface area contributed by atoms with Gasteiger partial charge in [0.25, 0.3) is 0 Å². The van der Waals surface area contributed by atoms with Gasteiger partial charge in [-0.2, -0.15) is 0 Å². The molecule has 0 radical (unpaired) electrons. The smallest absolute Gasteiger partial charge is 0.197 e. The van der Waals surface area contributed by atoms with Gasteiger partial charge in [-0.05, 0) is 18.2 Å². The molecule has 6 N–H and O–H groups in total. The summed E-state index contributed by atoms with van der Waals surface area (Å²) in [6, 6.07) is 8.78. The van der Waals surface area contributed by atoms with Crippen LogP contribution in [0.2, 0.25) is 0 Å². The number of ether oxygens (including phenoxy) is 4. The second-order valence-corrected chi connectivity index (χ2v) is 8.08. The van der Waals surface area contributed by atoms with E-state index in [0.717, 1.165) is 0 Å². The molecule has 0 spiro atoms. The van der Waals surface area contributed by atoms with Gasteiger partial charge in [0.05, 0.1) is 26.9 Å². The SMILES string of the molecule is COc1ccc(-c2cc(=O)c3c(OCC(O)CO)cc(OCC(O)CO)cc3o2)cc1OCC(O)CO. The van der Waals surface area contributed by atoms with Crippen molar-refractivity contribution < 1.29 is 54.0 Å². The summed E-state index contributed by atoms with van der Waals surface area (Å²) in [7, 11) is 1.44. The Bertz CT molecular complexity index is 1220. The first-order chi connectivity index (χ1) is 17.8. The van der Waals surface area contributed by atoms with Crippen LogP contribution in [0.1, 0.15) is 0 Å². The number of hydrogen-bond donors (Lipinski definition) is 6. The Balaban J connectivity index is 2.05. The molecule has 0 saturated heterocycles. The van der Waals surface area contributed by atoms with E-state index < -0.39 is 43.6 Å². The van der Waals surface area contributed by atoms with E-state index >= 15 is 0 Å². The lowest BCUT2D eigenvalue weighted by atomic mass is 10.1. The van der Waals surface area contributed by atoms with Crippen LogP contribution in [0.4, 0.5) is 0 Å². The molecule has 12 nitrogen and oxygen atoms in total. The summed E-state index contributed by atoms with van der Waals surface area (Å²) < 4.78 is 27.8. The molecule has 202 valence electrons. The highest BCUT2D eigenvalue weighted by Gasteiger charge is 2.18. The van der Waals surface area contributed by atoms with Crippen molar-refractivity contribution in [3.05, 3.63) is 46.6 Å². The van der Waals surface area contributed by atoms with E-state index in [4.69, 9.17) is 38.7 Å². The molecule has 0 saturated carbocycles. The van der Waals surface area contributed by atoms with Gasteiger partial charge in [0.15, 0.2) is 16.9 Å². The summed E-state index contributed by atoms with van der Waals surface area (Å²) in [5.41, 5.74) is 0.0371. The van der Waals surface area contributed by atoms with Crippen molar-refractivity contribution in [1.82, 2.24) is 0 Å². The maximum Gasteiger partial charge on any atom is 0.197 e. The van der Waals surface area contributed by atoms with Gasteiger partial charge < -0.3 is 54.0 Å². The molecular formula is C25H30O12. The Labute approximate surface area is 211 Å². The molecule has 0 aliphatic carbocycles. The van der Waals surface area contributed by atoms with Crippen LogP contribution >= 0.6 is 0 Å². The number of benzene rings is 2. The van der Waals surface area contributed by atoms with Crippen molar-refractivity contribution >= 4 is 11.0 Å². The number of rotatable bonds is 14. The Morgan fingerprint density at radius 3 is 1.95 bits per heavy atom. The van der Waals surface area contributed by atoms with E-state index in [0.29, 0.717) is 11.3 Å². The van der Waals surface area contributed by atoms with Crippen LogP contribution in [0.5, 0.6) is 23.0 Å². The van der Waals surface area contributed by atoms with Gasteiger partial charge in [0.2, 0.25) is 0 Å².